The number of benzene rings is 2. The maximum atomic E-state index is 4.81. The van der Waals surface area contributed by atoms with Crippen molar-refractivity contribution < 1.29 is 21.1 Å². The Kier molecular flexibility index (Phi) is 12.7. The summed E-state index contributed by atoms with van der Waals surface area (Å²) in [4.78, 5) is 6.01. The summed E-state index contributed by atoms with van der Waals surface area (Å²) >= 11 is 4.81. The van der Waals surface area contributed by atoms with Gasteiger partial charge in [0.25, 0.3) is 0 Å². The van der Waals surface area contributed by atoms with E-state index in [0.29, 0.717) is 20.6 Å². The number of anilines is 2. The Morgan fingerprint density at radius 2 is 0.865 bits per heavy atom. The van der Waals surface area contributed by atoms with E-state index in [0.717, 1.165) is 17.5 Å². The van der Waals surface area contributed by atoms with Crippen molar-refractivity contribution in [1.29, 1.82) is 0 Å². The normalized spacial score (nSPS) is 14.1. The van der Waals surface area contributed by atoms with E-state index < -0.39 is 0 Å². The molecule has 0 saturated carbocycles. The molecule has 3 rings (SSSR count). The van der Waals surface area contributed by atoms with Crippen molar-refractivity contribution >= 4 is 47.4 Å². The first kappa shape index (κ1) is 34.9. The van der Waals surface area contributed by atoms with Gasteiger partial charge in [-0.1, -0.05) is 141 Å². The second-order valence-electron chi connectivity index (χ2n) is 13.7. The average molecular weight is 738 g/mol. The van der Waals surface area contributed by atoms with E-state index in [1.165, 1.54) is 11.4 Å². The van der Waals surface area contributed by atoms with Crippen molar-refractivity contribution in [1.82, 2.24) is 0 Å². The number of rotatable bonds is 4. The van der Waals surface area contributed by atoms with Crippen LogP contribution in [0.5, 0.6) is 0 Å². The van der Waals surface area contributed by atoms with Crippen molar-refractivity contribution in [2.24, 2.45) is 0 Å². The molecule has 0 saturated heterocycles. The van der Waals surface area contributed by atoms with E-state index in [2.05, 4.69) is 125 Å². The molecule has 0 N–H and O–H groups in total. The summed E-state index contributed by atoms with van der Waals surface area (Å²) in [6.07, 6.45) is 2.25. The minimum atomic E-state index is -0.189. The summed E-state index contributed by atoms with van der Waals surface area (Å²) in [5.74, 6) is 0. The van der Waals surface area contributed by atoms with Crippen LogP contribution in [-0.2, 0) is 33.7 Å². The number of fused-ring (bicyclic) bond motifs is 1. The molecule has 0 unspecified atom stereocenters. The average Bonchev–Trinajstić information content (AvgIpc) is 3.06. The third-order valence-corrected chi connectivity index (χ3v) is 14.3. The molecule has 37 heavy (non-hydrogen) atoms. The largest absolute Gasteiger partial charge is 0.780 e. The van der Waals surface area contributed by atoms with Crippen LogP contribution in [0.1, 0.15) is 83.1 Å². The fourth-order valence-electron chi connectivity index (χ4n) is 5.05. The van der Waals surface area contributed by atoms with Gasteiger partial charge in [0.1, 0.15) is 0 Å². The molecule has 1 heterocycles. The molecule has 7 heteroatoms. The van der Waals surface area contributed by atoms with Crippen molar-refractivity contribution in [3.8, 4) is 0 Å². The molecule has 0 atom stereocenters. The van der Waals surface area contributed by atoms with Gasteiger partial charge < -0.3 is 22.3 Å². The van der Waals surface area contributed by atoms with Crippen molar-refractivity contribution in [2.75, 3.05) is 22.2 Å². The summed E-state index contributed by atoms with van der Waals surface area (Å²) in [5.41, 5.74) is 2.76. The van der Waals surface area contributed by atoms with Gasteiger partial charge in [-0.3, -0.25) is 0 Å². The van der Waals surface area contributed by atoms with Crippen LogP contribution in [0.2, 0.25) is 0 Å². The smallest absolute Gasteiger partial charge is 0.392 e. The molecule has 0 amide bonds. The van der Waals surface area contributed by atoms with E-state index in [4.69, 9.17) is 12.6 Å². The third kappa shape index (κ3) is 10.4. The predicted molar refractivity (Wildman–Crippen MR) is 172 cm³/mol. The van der Waals surface area contributed by atoms with Crippen molar-refractivity contribution in [2.45, 2.75) is 109 Å². The quantitative estimate of drug-likeness (QED) is 0.176. The van der Waals surface area contributed by atoms with Gasteiger partial charge in [0, 0.05) is 45.0 Å². The molecule has 0 aromatic heterocycles. The molecule has 0 fully saturated rings. The molecule has 1 aliphatic rings. The predicted octanol–water partition coefficient (Wildman–Crippen LogP) is 9.51. The van der Waals surface area contributed by atoms with E-state index >= 15 is 0 Å². The first-order valence-electron chi connectivity index (χ1n) is 13.1. The topological polar surface area (TPSA) is 6.48 Å². The van der Waals surface area contributed by atoms with Crippen LogP contribution in [0.15, 0.2) is 59.5 Å². The molecule has 2 nitrogen and oxygen atoms in total. The molecular formula is C30H49BN2P2PtS-. The second kappa shape index (κ2) is 13.5. The van der Waals surface area contributed by atoms with Crippen molar-refractivity contribution in [3.63, 3.8) is 0 Å². The number of hydrogen-bond acceptors (Lipinski definition) is 3. The van der Waals surface area contributed by atoms with Crippen LogP contribution < -0.4 is 9.62 Å². The van der Waals surface area contributed by atoms with Crippen LogP contribution in [0.25, 0.3) is 0 Å². The molecule has 0 aliphatic carbocycles. The van der Waals surface area contributed by atoms with Gasteiger partial charge in [0.05, 0.1) is 0 Å². The molecule has 0 spiro atoms. The fraction of sp³-hybridized carbons (Fsp3) is 0.600. The summed E-state index contributed by atoms with van der Waals surface area (Å²) < 4.78 is 0. The van der Waals surface area contributed by atoms with Gasteiger partial charge in [0.2, 0.25) is 0 Å². The van der Waals surface area contributed by atoms with E-state index in [1.54, 1.807) is 0 Å². The number of para-hydroxylation sites is 2. The van der Waals surface area contributed by atoms with Gasteiger partial charge in [-0.15, -0.1) is 0 Å². The second-order valence-corrected chi connectivity index (χ2v) is 21.8. The molecule has 2 aromatic carbocycles. The summed E-state index contributed by atoms with van der Waals surface area (Å²) in [6.45, 7) is 29.0. The minimum Gasteiger partial charge on any atom is -0.780 e. The summed E-state index contributed by atoms with van der Waals surface area (Å²) in [6, 6.07) is 18.6. The fourth-order valence-corrected chi connectivity index (χ4v) is 12.0. The van der Waals surface area contributed by atoms with Gasteiger partial charge in [-0.2, -0.15) is 4.90 Å². The SMILES string of the molecule is CC(C)(C)P(CN1[B]N(CP(C(C)(C)C)C(C)(C)C)c2ccccc21)C(C)(C)C.[Pt].[S-]c1ccccc1. The molecule has 2 aromatic rings. The van der Waals surface area contributed by atoms with Crippen LogP contribution in [0.4, 0.5) is 11.4 Å². The van der Waals surface area contributed by atoms with Gasteiger partial charge in [0.15, 0.2) is 0 Å². The van der Waals surface area contributed by atoms with Crippen molar-refractivity contribution in [3.05, 3.63) is 54.6 Å². The Balaban J connectivity index is 0.000000737. The van der Waals surface area contributed by atoms with Crippen LogP contribution in [0.3, 0.4) is 0 Å². The molecule has 1 aliphatic heterocycles. The Morgan fingerprint density at radius 1 is 0.568 bits per heavy atom. The molecule has 0 bridgehead atoms. The van der Waals surface area contributed by atoms with E-state index in [-0.39, 0.29) is 36.9 Å². The van der Waals surface area contributed by atoms with Gasteiger partial charge in [-0.25, -0.2) is 0 Å². The summed E-state index contributed by atoms with van der Waals surface area (Å²) in [5, 5.41) is 1.31. The van der Waals surface area contributed by atoms with E-state index in [1.807, 2.05) is 30.3 Å². The monoisotopic (exact) mass is 737 g/mol. The number of nitrogens with zero attached hydrogens (tertiary/aromatic N) is 2. The standard InChI is InChI=1S/C24H44BN2P2.C6H6S.Pt/c1-21(2,3)28(22(4,5)6)17-26-19-15-13-14-16-20(19)27(25-26)18-29(23(7,8)9)24(10,11)12;7-6-4-2-1-3-5-6;/h13-16H,17-18H2,1-12H3;1-5,7H;/p-1. The van der Waals surface area contributed by atoms with Crippen LogP contribution in [0, 0.1) is 0 Å². The zero-order valence-corrected chi connectivity index (χ0v) is 30.1. The zero-order valence-electron chi connectivity index (χ0n) is 25.2. The molecule has 1 radical (unpaired) electrons. The van der Waals surface area contributed by atoms with E-state index in [9.17, 15) is 0 Å². The maximum absolute atomic E-state index is 4.81. The third-order valence-electron chi connectivity index (χ3n) is 6.35. The molecular weight excluding hydrogens is 688 g/mol. The van der Waals surface area contributed by atoms with Gasteiger partial charge in [-0.05, 0) is 32.8 Å². The Bertz CT molecular complexity index is 876. The Morgan fingerprint density at radius 3 is 1.11 bits per heavy atom. The maximum Gasteiger partial charge on any atom is 0.392 e. The van der Waals surface area contributed by atoms with Crippen LogP contribution >= 0.6 is 15.8 Å². The first-order chi connectivity index (χ1) is 16.3. The minimum absolute atomic E-state index is 0. The Labute approximate surface area is 252 Å². The number of hydrogen-bond donors (Lipinski definition) is 0. The Hall–Kier alpha value is -0.127. The van der Waals surface area contributed by atoms with Gasteiger partial charge >= 0.3 is 7.55 Å². The first-order valence-corrected chi connectivity index (χ1v) is 16.5. The zero-order chi connectivity index (χ0) is 27.5. The summed E-state index contributed by atoms with van der Waals surface area (Å²) in [7, 11) is 2.04. The van der Waals surface area contributed by atoms with Crippen LogP contribution in [-0.4, -0.2) is 40.7 Å². The molecule has 209 valence electrons.